The van der Waals surface area contributed by atoms with Crippen LogP contribution in [0.2, 0.25) is 0 Å². The number of aryl methyl sites for hydroxylation is 1. The van der Waals surface area contributed by atoms with Gasteiger partial charge in [-0.1, -0.05) is 77.9 Å². The maximum absolute atomic E-state index is 13.4. The second-order valence-electron chi connectivity index (χ2n) is 8.62. The zero-order valence-electron chi connectivity index (χ0n) is 17.6. The fourth-order valence-corrected chi connectivity index (χ4v) is 5.17. The number of hydrogen-bond acceptors (Lipinski definition) is 2. The summed E-state index contributed by atoms with van der Waals surface area (Å²) in [6.45, 7) is 4.22. The molecule has 150 valence electrons. The third kappa shape index (κ3) is 2.68. The molecular formula is C29H22O2. The Morgan fingerprint density at radius 3 is 2.29 bits per heavy atom. The van der Waals surface area contributed by atoms with Gasteiger partial charge in [0.2, 0.25) is 0 Å². The number of Topliss-reactive ketones (excluding diaryl/α,β-unsaturated/α-hetero) is 1. The maximum atomic E-state index is 13.4. The van der Waals surface area contributed by atoms with E-state index < -0.39 is 0 Å². The Morgan fingerprint density at radius 1 is 0.742 bits per heavy atom. The molecule has 2 atom stereocenters. The molecule has 1 heterocycles. The van der Waals surface area contributed by atoms with Crippen molar-refractivity contribution in [2.75, 3.05) is 0 Å². The molecule has 31 heavy (non-hydrogen) atoms. The lowest BCUT2D eigenvalue weighted by Crippen LogP contribution is -2.31. The Morgan fingerprint density at radius 2 is 1.45 bits per heavy atom. The minimum Gasteiger partial charge on any atom is -0.456 e. The van der Waals surface area contributed by atoms with Crippen LogP contribution in [-0.4, -0.2) is 5.78 Å². The van der Waals surface area contributed by atoms with Gasteiger partial charge in [-0.2, -0.15) is 0 Å². The van der Waals surface area contributed by atoms with E-state index in [1.165, 1.54) is 22.3 Å². The molecule has 3 aromatic rings. The number of ether oxygens (including phenoxy) is 1. The number of ketones is 1. The van der Waals surface area contributed by atoms with Gasteiger partial charge in [-0.3, -0.25) is 4.79 Å². The third-order valence-electron chi connectivity index (χ3n) is 6.56. The van der Waals surface area contributed by atoms with E-state index in [2.05, 4.69) is 68.5 Å². The molecule has 1 aliphatic heterocycles. The summed E-state index contributed by atoms with van der Waals surface area (Å²) in [5.74, 6) is 1.75. The summed E-state index contributed by atoms with van der Waals surface area (Å²) in [7, 11) is 0. The number of hydrogen-bond donors (Lipinski definition) is 0. The van der Waals surface area contributed by atoms with Crippen molar-refractivity contribution in [2.24, 2.45) is 11.8 Å². The van der Waals surface area contributed by atoms with E-state index in [4.69, 9.17) is 4.74 Å². The van der Waals surface area contributed by atoms with Gasteiger partial charge in [0.1, 0.15) is 11.5 Å². The van der Waals surface area contributed by atoms with Gasteiger partial charge in [-0.25, -0.2) is 0 Å². The van der Waals surface area contributed by atoms with E-state index in [9.17, 15) is 4.79 Å². The minimum atomic E-state index is -0.177. The summed E-state index contributed by atoms with van der Waals surface area (Å²) in [5.41, 5.74) is 8.79. The molecule has 3 aliphatic rings. The summed E-state index contributed by atoms with van der Waals surface area (Å²) in [4.78, 5) is 13.4. The number of allylic oxidation sites excluding steroid dienone is 5. The third-order valence-corrected chi connectivity index (χ3v) is 6.56. The minimum absolute atomic E-state index is 0.00178. The van der Waals surface area contributed by atoms with Crippen LogP contribution in [0.15, 0.2) is 90.5 Å². The molecule has 0 fully saturated rings. The molecule has 2 heteroatoms. The molecule has 0 bridgehead atoms. The summed E-state index contributed by atoms with van der Waals surface area (Å²) >= 11 is 0. The van der Waals surface area contributed by atoms with E-state index in [-0.39, 0.29) is 17.6 Å². The zero-order valence-corrected chi connectivity index (χ0v) is 17.6. The van der Waals surface area contributed by atoms with Crippen LogP contribution >= 0.6 is 0 Å². The van der Waals surface area contributed by atoms with E-state index >= 15 is 0 Å². The number of carbonyl (C=O) groups excluding carboxylic acids is 1. The molecule has 2 unspecified atom stereocenters. The standard InChI is InChI=1S/C29H22O2/c1-17-11-13-21-23(15-17)27(19-7-3-4-8-20(19)29(21)30)28-22-9-5-6-10-25(22)31-26-14-12-18(2)16-24(26)28/h3-16,21,23H,1-2H3/b28-27-. The van der Waals surface area contributed by atoms with Gasteiger partial charge in [0, 0.05) is 28.2 Å². The Kier molecular flexibility index (Phi) is 3.91. The highest BCUT2D eigenvalue weighted by molar-refractivity contribution is 6.14. The average molecular weight is 402 g/mol. The van der Waals surface area contributed by atoms with Crippen molar-refractivity contribution in [1.29, 1.82) is 0 Å². The van der Waals surface area contributed by atoms with Crippen LogP contribution in [0.1, 0.15) is 39.5 Å². The lowest BCUT2D eigenvalue weighted by Gasteiger charge is -2.36. The lowest BCUT2D eigenvalue weighted by atomic mass is 9.66. The van der Waals surface area contributed by atoms with Crippen molar-refractivity contribution in [2.45, 2.75) is 13.8 Å². The normalized spacial score (nSPS) is 23.2. The van der Waals surface area contributed by atoms with Crippen LogP contribution in [-0.2, 0) is 0 Å². The van der Waals surface area contributed by atoms with Gasteiger partial charge < -0.3 is 4.74 Å². The van der Waals surface area contributed by atoms with Gasteiger partial charge in [-0.05, 0) is 43.2 Å². The highest BCUT2D eigenvalue weighted by Gasteiger charge is 2.40. The lowest BCUT2D eigenvalue weighted by molar-refractivity contribution is 0.0927. The Labute approximate surface area is 182 Å². The molecule has 3 aromatic carbocycles. The highest BCUT2D eigenvalue weighted by Crippen LogP contribution is 2.53. The molecular weight excluding hydrogens is 380 g/mol. The van der Waals surface area contributed by atoms with E-state index in [1.54, 1.807) is 0 Å². The maximum Gasteiger partial charge on any atom is 0.171 e. The second kappa shape index (κ2) is 6.68. The predicted molar refractivity (Wildman–Crippen MR) is 124 cm³/mol. The largest absolute Gasteiger partial charge is 0.456 e. The fourth-order valence-electron chi connectivity index (χ4n) is 5.17. The number of para-hydroxylation sites is 1. The first-order valence-electron chi connectivity index (χ1n) is 10.7. The van der Waals surface area contributed by atoms with E-state index in [1.807, 2.05) is 30.3 Å². The second-order valence-corrected chi connectivity index (χ2v) is 8.62. The Bertz CT molecular complexity index is 1350. The monoisotopic (exact) mass is 402 g/mol. The van der Waals surface area contributed by atoms with Crippen LogP contribution in [0.25, 0.3) is 11.1 Å². The zero-order chi connectivity index (χ0) is 21.1. The molecule has 6 rings (SSSR count). The van der Waals surface area contributed by atoms with Crippen molar-refractivity contribution >= 4 is 16.9 Å². The number of carbonyl (C=O) groups is 1. The summed E-state index contributed by atoms with van der Waals surface area (Å²) < 4.78 is 6.29. The van der Waals surface area contributed by atoms with E-state index in [0.717, 1.165) is 33.8 Å². The highest BCUT2D eigenvalue weighted by atomic mass is 16.5. The topological polar surface area (TPSA) is 26.3 Å². The molecule has 0 spiro atoms. The van der Waals surface area contributed by atoms with Crippen LogP contribution < -0.4 is 4.74 Å². The predicted octanol–water partition coefficient (Wildman–Crippen LogP) is 7.00. The van der Waals surface area contributed by atoms with Crippen LogP contribution in [0, 0.1) is 18.8 Å². The first-order chi connectivity index (χ1) is 15.1. The SMILES string of the molecule is CC1=CC2/C(=C3/c4ccccc4Oc4ccc(C)cc43)c3ccccc3C(=O)C2C=C1. The molecule has 0 saturated carbocycles. The molecule has 0 aromatic heterocycles. The van der Waals surface area contributed by atoms with Crippen molar-refractivity contribution in [3.63, 3.8) is 0 Å². The Hall–Kier alpha value is -3.65. The van der Waals surface area contributed by atoms with Gasteiger partial charge in [0.25, 0.3) is 0 Å². The molecule has 0 radical (unpaired) electrons. The first kappa shape index (κ1) is 18.1. The van der Waals surface area contributed by atoms with Gasteiger partial charge in [0.05, 0.1) is 5.92 Å². The van der Waals surface area contributed by atoms with Crippen LogP contribution in [0.4, 0.5) is 0 Å². The quantitative estimate of drug-likeness (QED) is 0.316. The smallest absolute Gasteiger partial charge is 0.171 e. The molecule has 0 saturated heterocycles. The van der Waals surface area contributed by atoms with Gasteiger partial charge in [0.15, 0.2) is 5.78 Å². The number of benzene rings is 3. The average Bonchev–Trinajstić information content (AvgIpc) is 2.79. The summed E-state index contributed by atoms with van der Waals surface area (Å²) in [6.07, 6.45) is 6.42. The van der Waals surface area contributed by atoms with Crippen LogP contribution in [0.3, 0.4) is 0 Å². The molecule has 2 nitrogen and oxygen atoms in total. The molecule has 0 N–H and O–H groups in total. The first-order valence-corrected chi connectivity index (χ1v) is 10.7. The van der Waals surface area contributed by atoms with Crippen molar-refractivity contribution in [3.8, 4) is 11.5 Å². The van der Waals surface area contributed by atoms with E-state index in [0.29, 0.717) is 0 Å². The van der Waals surface area contributed by atoms with Crippen molar-refractivity contribution in [1.82, 2.24) is 0 Å². The van der Waals surface area contributed by atoms with Crippen molar-refractivity contribution in [3.05, 3.63) is 118 Å². The number of rotatable bonds is 0. The van der Waals surface area contributed by atoms with Gasteiger partial charge >= 0.3 is 0 Å². The van der Waals surface area contributed by atoms with Crippen molar-refractivity contribution < 1.29 is 9.53 Å². The Balaban J connectivity index is 1.77. The molecule has 0 amide bonds. The summed E-state index contributed by atoms with van der Waals surface area (Å²) in [6, 6.07) is 22.6. The molecule has 2 aliphatic carbocycles. The summed E-state index contributed by atoms with van der Waals surface area (Å²) in [5, 5.41) is 0. The fraction of sp³-hybridized carbons (Fsp3) is 0.138. The van der Waals surface area contributed by atoms with Crippen LogP contribution in [0.5, 0.6) is 11.5 Å². The number of fused-ring (bicyclic) bond motifs is 4. The van der Waals surface area contributed by atoms with Gasteiger partial charge in [-0.15, -0.1) is 0 Å².